The molecule has 0 aromatic carbocycles. The van der Waals surface area contributed by atoms with Gasteiger partial charge in [-0.25, -0.2) is 4.98 Å². The normalized spacial score (nSPS) is 15.4. The summed E-state index contributed by atoms with van der Waals surface area (Å²) in [5.41, 5.74) is 1.42. The van der Waals surface area contributed by atoms with E-state index in [0.717, 1.165) is 35.9 Å². The van der Waals surface area contributed by atoms with Crippen LogP contribution in [-0.2, 0) is 6.54 Å². The first-order valence-electron chi connectivity index (χ1n) is 10.6. The number of halogens is 3. The van der Waals surface area contributed by atoms with Crippen molar-refractivity contribution < 1.29 is 18.0 Å². The Balaban J connectivity index is 1.62. The number of pyridine rings is 2. The molecule has 0 saturated carbocycles. The lowest BCUT2D eigenvalue weighted by molar-refractivity contribution is -0.141. The molecule has 0 atom stereocenters. The minimum atomic E-state index is -4.47. The Labute approximate surface area is 181 Å². The Bertz CT molecular complexity index is 1280. The Morgan fingerprint density at radius 3 is 2.56 bits per heavy atom. The van der Waals surface area contributed by atoms with E-state index >= 15 is 0 Å². The van der Waals surface area contributed by atoms with Crippen molar-refractivity contribution in [1.82, 2.24) is 29.0 Å². The van der Waals surface area contributed by atoms with Gasteiger partial charge >= 0.3 is 6.18 Å². The maximum Gasteiger partial charge on any atom is 0.408 e. The number of rotatable bonds is 3. The van der Waals surface area contributed by atoms with E-state index in [9.17, 15) is 18.0 Å². The topological polar surface area (TPSA) is 68.3 Å². The number of alkyl halides is 3. The first-order chi connectivity index (χ1) is 15.4. The second kappa shape index (κ2) is 7.92. The quantitative estimate of drug-likeness (QED) is 0.474. The third-order valence-corrected chi connectivity index (χ3v) is 5.73. The Kier molecular flexibility index (Phi) is 5.07. The molecule has 1 fully saturated rings. The number of fused-ring (bicyclic) bond motifs is 2. The highest BCUT2D eigenvalue weighted by molar-refractivity contribution is 5.98. The zero-order valence-electron chi connectivity index (χ0n) is 17.2. The van der Waals surface area contributed by atoms with Crippen molar-refractivity contribution in [2.75, 3.05) is 13.1 Å². The van der Waals surface area contributed by atoms with Gasteiger partial charge in [0.05, 0.1) is 17.2 Å². The number of aromatic nitrogens is 5. The van der Waals surface area contributed by atoms with Crippen LogP contribution in [0, 0.1) is 0 Å². The molecule has 32 heavy (non-hydrogen) atoms. The molecule has 0 radical (unpaired) electrons. The van der Waals surface area contributed by atoms with Gasteiger partial charge in [-0.2, -0.15) is 18.3 Å². The predicted octanol–water partition coefficient (Wildman–Crippen LogP) is 4.32. The van der Waals surface area contributed by atoms with Crippen LogP contribution in [-0.4, -0.2) is 54.2 Å². The highest BCUT2D eigenvalue weighted by Gasteiger charge is 2.31. The molecule has 5 heterocycles. The number of nitrogens with zero attached hydrogens (tertiary/aromatic N) is 6. The van der Waals surface area contributed by atoms with Crippen molar-refractivity contribution in [3.05, 3.63) is 48.5 Å². The molecule has 10 heteroatoms. The monoisotopic (exact) mass is 442 g/mol. The molecular formula is C22H21F3N6O. The number of hydrogen-bond acceptors (Lipinski definition) is 4. The third-order valence-electron chi connectivity index (χ3n) is 5.73. The number of imidazole rings is 1. The maximum atomic E-state index is 13.3. The summed E-state index contributed by atoms with van der Waals surface area (Å²) in [6.45, 7) is -0.00841. The molecule has 5 rings (SSSR count). The van der Waals surface area contributed by atoms with Crippen LogP contribution in [0.2, 0.25) is 0 Å². The van der Waals surface area contributed by atoms with Crippen molar-refractivity contribution in [2.45, 2.75) is 38.4 Å². The van der Waals surface area contributed by atoms with E-state index < -0.39 is 12.7 Å². The van der Waals surface area contributed by atoms with E-state index in [2.05, 4.69) is 15.1 Å². The van der Waals surface area contributed by atoms with E-state index in [0.29, 0.717) is 24.3 Å². The number of hydrogen-bond donors (Lipinski definition) is 0. The lowest BCUT2D eigenvalue weighted by atomic mass is 10.2. The fourth-order valence-corrected chi connectivity index (χ4v) is 4.20. The summed E-state index contributed by atoms with van der Waals surface area (Å²) in [4.78, 5) is 23.4. The van der Waals surface area contributed by atoms with Gasteiger partial charge in [0.2, 0.25) is 0 Å². The minimum absolute atomic E-state index is 0.127. The molecule has 0 bridgehead atoms. The van der Waals surface area contributed by atoms with E-state index in [4.69, 9.17) is 0 Å². The Hall–Kier alpha value is -3.43. The van der Waals surface area contributed by atoms with Crippen molar-refractivity contribution in [3.63, 3.8) is 0 Å². The van der Waals surface area contributed by atoms with Gasteiger partial charge in [-0.15, -0.1) is 0 Å². The summed E-state index contributed by atoms with van der Waals surface area (Å²) in [6, 6.07) is 6.93. The molecule has 0 spiro atoms. The predicted molar refractivity (Wildman–Crippen MR) is 112 cm³/mol. The van der Waals surface area contributed by atoms with Crippen molar-refractivity contribution in [1.29, 1.82) is 0 Å². The molecule has 4 aromatic rings. The van der Waals surface area contributed by atoms with Gasteiger partial charge in [-0.3, -0.25) is 18.9 Å². The highest BCUT2D eigenvalue weighted by atomic mass is 19.4. The number of carbonyl (C=O) groups excluding carboxylic acids is 1. The highest BCUT2D eigenvalue weighted by Crippen LogP contribution is 2.30. The first kappa shape index (κ1) is 20.5. The molecule has 0 N–H and O–H groups in total. The second-order valence-corrected chi connectivity index (χ2v) is 7.99. The second-order valence-electron chi connectivity index (χ2n) is 7.99. The van der Waals surface area contributed by atoms with Crippen LogP contribution in [0.3, 0.4) is 0 Å². The van der Waals surface area contributed by atoms with E-state index in [1.807, 2.05) is 18.2 Å². The molecule has 0 unspecified atom stereocenters. The van der Waals surface area contributed by atoms with Crippen LogP contribution in [0.1, 0.15) is 36.2 Å². The van der Waals surface area contributed by atoms with Gasteiger partial charge < -0.3 is 4.90 Å². The summed E-state index contributed by atoms with van der Waals surface area (Å²) >= 11 is 0. The largest absolute Gasteiger partial charge is 0.408 e. The molecule has 1 amide bonds. The summed E-state index contributed by atoms with van der Waals surface area (Å²) in [5.74, 6) is 0.154. The molecule has 4 aromatic heterocycles. The van der Waals surface area contributed by atoms with E-state index in [-0.39, 0.29) is 22.8 Å². The fourth-order valence-electron chi connectivity index (χ4n) is 4.20. The number of likely N-dealkylation sites (tertiary alicyclic amines) is 1. The van der Waals surface area contributed by atoms with Gasteiger partial charge in [0.15, 0.2) is 5.82 Å². The first-order valence-corrected chi connectivity index (χ1v) is 10.6. The van der Waals surface area contributed by atoms with Crippen molar-refractivity contribution in [3.8, 4) is 11.5 Å². The number of amides is 1. The molecule has 1 aliphatic rings. The van der Waals surface area contributed by atoms with Crippen molar-refractivity contribution in [2.24, 2.45) is 0 Å². The number of carbonyl (C=O) groups is 1. The van der Waals surface area contributed by atoms with E-state index in [1.165, 1.54) is 12.3 Å². The SMILES string of the molecule is O=C(c1cc2c(cn1)c(-c1ncc3ccccn13)nn2CC(F)(F)F)N1CCCCCC1. The Morgan fingerprint density at radius 2 is 1.81 bits per heavy atom. The zero-order chi connectivity index (χ0) is 22.3. The average Bonchev–Trinajstić information content (AvgIpc) is 3.21. The zero-order valence-corrected chi connectivity index (χ0v) is 17.2. The van der Waals surface area contributed by atoms with Gasteiger partial charge in [-0.1, -0.05) is 18.9 Å². The van der Waals surface area contributed by atoms with Crippen LogP contribution in [0.4, 0.5) is 13.2 Å². The van der Waals surface area contributed by atoms with E-state index in [1.54, 1.807) is 21.7 Å². The molecule has 7 nitrogen and oxygen atoms in total. The summed E-state index contributed by atoms with van der Waals surface area (Å²) in [6.07, 6.45) is 4.33. The van der Waals surface area contributed by atoms with Crippen LogP contribution in [0.5, 0.6) is 0 Å². The molecule has 0 aliphatic carbocycles. The molecule has 1 saturated heterocycles. The van der Waals surface area contributed by atoms with Gasteiger partial charge in [0.1, 0.15) is 17.9 Å². The van der Waals surface area contributed by atoms with Gasteiger partial charge in [-0.05, 0) is 31.0 Å². The van der Waals surface area contributed by atoms with Crippen LogP contribution in [0.25, 0.3) is 27.9 Å². The summed E-state index contributed by atoms with van der Waals surface area (Å²) in [5, 5.41) is 4.66. The molecule has 166 valence electrons. The summed E-state index contributed by atoms with van der Waals surface area (Å²) < 4.78 is 42.5. The lowest BCUT2D eigenvalue weighted by Gasteiger charge is -2.19. The fraction of sp³-hybridized carbons (Fsp3) is 0.364. The van der Waals surface area contributed by atoms with Crippen molar-refractivity contribution >= 4 is 22.3 Å². The Morgan fingerprint density at radius 1 is 1.03 bits per heavy atom. The lowest BCUT2D eigenvalue weighted by Crippen LogP contribution is -2.32. The summed E-state index contributed by atoms with van der Waals surface area (Å²) in [7, 11) is 0. The molecule has 1 aliphatic heterocycles. The third kappa shape index (κ3) is 3.80. The molecular weight excluding hydrogens is 421 g/mol. The van der Waals surface area contributed by atoms with Crippen LogP contribution >= 0.6 is 0 Å². The maximum absolute atomic E-state index is 13.3. The minimum Gasteiger partial charge on any atom is -0.337 e. The standard InChI is InChI=1S/C22H21F3N6O/c23-22(24,25)14-31-18-11-17(21(32)29-8-4-1-2-5-9-29)26-13-16(18)19(28-31)20-27-12-15-7-3-6-10-30(15)20/h3,6-7,10-13H,1-2,4-5,8-9,14H2. The average molecular weight is 442 g/mol. The smallest absolute Gasteiger partial charge is 0.337 e. The van der Waals surface area contributed by atoms with Gasteiger partial charge in [0.25, 0.3) is 5.91 Å². The van der Waals surface area contributed by atoms with Crippen LogP contribution < -0.4 is 0 Å². The van der Waals surface area contributed by atoms with Gasteiger partial charge in [0, 0.05) is 30.9 Å². The van der Waals surface area contributed by atoms with Crippen LogP contribution in [0.15, 0.2) is 42.9 Å².